The summed E-state index contributed by atoms with van der Waals surface area (Å²) in [6.45, 7) is -0.276. The number of aromatic nitrogens is 2. The third-order valence-electron chi connectivity index (χ3n) is 1.64. The predicted octanol–water partition coefficient (Wildman–Crippen LogP) is 1.17. The van der Waals surface area contributed by atoms with Gasteiger partial charge in [-0.05, 0) is 0 Å². The van der Waals surface area contributed by atoms with Crippen LogP contribution in [0.5, 0.6) is 0 Å². The largest absolute Gasteiger partial charge is 0.435 e. The molecule has 0 fully saturated rings. The molecule has 1 aromatic rings. The maximum Gasteiger partial charge on any atom is 0.435 e. The average molecular weight is 217 g/mol. The van der Waals surface area contributed by atoms with Gasteiger partial charge in [0.05, 0.1) is 6.07 Å². The zero-order chi connectivity index (χ0) is 11.5. The highest BCUT2D eigenvalue weighted by Crippen LogP contribution is 2.30. The number of alkyl halides is 3. The minimum Gasteiger partial charge on any atom is -0.303 e. The SMILES string of the molecule is N#CCn1cc(CC=O)c(C(F)(F)F)n1. The number of carbonyl (C=O) groups excluding carboxylic acids is 1. The summed E-state index contributed by atoms with van der Waals surface area (Å²) in [7, 11) is 0. The molecule has 80 valence electrons. The van der Waals surface area contributed by atoms with Crippen LogP contribution in [0.15, 0.2) is 6.20 Å². The monoisotopic (exact) mass is 217 g/mol. The van der Waals surface area contributed by atoms with Gasteiger partial charge in [-0.15, -0.1) is 0 Å². The zero-order valence-corrected chi connectivity index (χ0v) is 7.45. The van der Waals surface area contributed by atoms with Crippen LogP contribution >= 0.6 is 0 Å². The lowest BCUT2D eigenvalue weighted by Crippen LogP contribution is -2.10. The predicted molar refractivity (Wildman–Crippen MR) is 42.6 cm³/mol. The van der Waals surface area contributed by atoms with E-state index in [1.807, 2.05) is 0 Å². The molecule has 0 amide bonds. The quantitative estimate of drug-likeness (QED) is 0.714. The summed E-state index contributed by atoms with van der Waals surface area (Å²) in [6, 6.07) is 1.66. The third-order valence-corrected chi connectivity index (χ3v) is 1.64. The van der Waals surface area contributed by atoms with Crippen molar-refractivity contribution >= 4 is 6.29 Å². The summed E-state index contributed by atoms with van der Waals surface area (Å²) in [5.41, 5.74) is -1.32. The molecule has 7 heteroatoms. The maximum absolute atomic E-state index is 12.4. The third kappa shape index (κ3) is 2.56. The van der Waals surface area contributed by atoms with Gasteiger partial charge in [0.25, 0.3) is 0 Å². The molecule has 1 rings (SSSR count). The van der Waals surface area contributed by atoms with Gasteiger partial charge in [0.2, 0.25) is 0 Å². The number of rotatable bonds is 3. The lowest BCUT2D eigenvalue weighted by atomic mass is 10.2. The van der Waals surface area contributed by atoms with Gasteiger partial charge < -0.3 is 4.79 Å². The van der Waals surface area contributed by atoms with Crippen molar-refractivity contribution in [2.45, 2.75) is 19.1 Å². The first-order chi connectivity index (χ1) is 6.99. The van der Waals surface area contributed by atoms with E-state index in [1.54, 1.807) is 6.07 Å². The molecule has 15 heavy (non-hydrogen) atoms. The number of nitriles is 1. The highest BCUT2D eigenvalue weighted by molar-refractivity contribution is 5.55. The molecule has 0 aliphatic heterocycles. The highest BCUT2D eigenvalue weighted by atomic mass is 19.4. The van der Waals surface area contributed by atoms with E-state index in [-0.39, 0.29) is 18.5 Å². The van der Waals surface area contributed by atoms with Gasteiger partial charge in [-0.2, -0.15) is 23.5 Å². The number of carbonyl (C=O) groups is 1. The summed E-state index contributed by atoms with van der Waals surface area (Å²) in [5.74, 6) is 0. The molecule has 1 heterocycles. The number of nitrogens with zero attached hydrogens (tertiary/aromatic N) is 3. The fraction of sp³-hybridized carbons (Fsp3) is 0.375. The number of halogens is 3. The standard InChI is InChI=1S/C8H6F3N3O/c9-8(10,11)7-6(1-4-15)5-14(13-7)3-2-12/h4-5H,1,3H2. The Hall–Kier alpha value is -1.84. The van der Waals surface area contributed by atoms with Crippen molar-refractivity contribution < 1.29 is 18.0 Å². The van der Waals surface area contributed by atoms with Crippen LogP contribution < -0.4 is 0 Å². The molecule has 0 bridgehead atoms. The van der Waals surface area contributed by atoms with E-state index in [0.29, 0.717) is 6.29 Å². The van der Waals surface area contributed by atoms with Crippen LogP contribution in [0.25, 0.3) is 0 Å². The van der Waals surface area contributed by atoms with Crippen molar-refractivity contribution in [3.05, 3.63) is 17.5 Å². The van der Waals surface area contributed by atoms with Crippen molar-refractivity contribution in [3.8, 4) is 6.07 Å². The van der Waals surface area contributed by atoms with Crippen LogP contribution in [0.2, 0.25) is 0 Å². The molecule has 0 unspecified atom stereocenters. The Bertz CT molecular complexity index is 402. The molecule has 0 spiro atoms. The molecule has 1 aromatic heterocycles. The van der Waals surface area contributed by atoms with E-state index in [9.17, 15) is 18.0 Å². The molecule has 0 atom stereocenters. The van der Waals surface area contributed by atoms with Gasteiger partial charge in [0.1, 0.15) is 12.8 Å². The highest BCUT2D eigenvalue weighted by Gasteiger charge is 2.36. The summed E-state index contributed by atoms with van der Waals surface area (Å²) in [5, 5.41) is 11.5. The second-order valence-corrected chi connectivity index (χ2v) is 2.73. The fourth-order valence-corrected chi connectivity index (χ4v) is 1.09. The minimum atomic E-state index is -4.60. The Morgan fingerprint density at radius 2 is 2.27 bits per heavy atom. The van der Waals surface area contributed by atoms with Crippen molar-refractivity contribution in [2.75, 3.05) is 0 Å². The molecule has 4 nitrogen and oxygen atoms in total. The molecular formula is C8H6F3N3O. The Balaban J connectivity index is 3.12. The lowest BCUT2D eigenvalue weighted by Gasteiger charge is -2.03. The van der Waals surface area contributed by atoms with E-state index in [4.69, 9.17) is 5.26 Å². The van der Waals surface area contributed by atoms with Crippen LogP contribution in [0.1, 0.15) is 11.3 Å². The fourth-order valence-electron chi connectivity index (χ4n) is 1.09. The van der Waals surface area contributed by atoms with E-state index in [2.05, 4.69) is 5.10 Å². The van der Waals surface area contributed by atoms with Gasteiger partial charge in [-0.3, -0.25) is 4.68 Å². The number of hydrogen-bond acceptors (Lipinski definition) is 3. The summed E-state index contributed by atoms with van der Waals surface area (Å²) < 4.78 is 37.9. The van der Waals surface area contributed by atoms with Gasteiger partial charge >= 0.3 is 6.18 Å². The molecule has 0 aliphatic carbocycles. The smallest absolute Gasteiger partial charge is 0.303 e. The first kappa shape index (κ1) is 11.2. The summed E-state index contributed by atoms with van der Waals surface area (Å²) in [6.07, 6.45) is -3.54. The van der Waals surface area contributed by atoms with Crippen LogP contribution in [0.3, 0.4) is 0 Å². The average Bonchev–Trinajstić information content (AvgIpc) is 2.49. The van der Waals surface area contributed by atoms with Gasteiger partial charge in [0.15, 0.2) is 5.69 Å². The maximum atomic E-state index is 12.4. The minimum absolute atomic E-state index is 0.215. The molecule has 0 aromatic carbocycles. The van der Waals surface area contributed by atoms with Crippen LogP contribution in [0, 0.1) is 11.3 Å². The van der Waals surface area contributed by atoms with Gasteiger partial charge in [-0.1, -0.05) is 0 Å². The Labute approximate surface area is 82.9 Å². The Morgan fingerprint density at radius 3 is 2.73 bits per heavy atom. The number of aldehydes is 1. The molecule has 0 saturated heterocycles. The second kappa shape index (κ2) is 4.13. The van der Waals surface area contributed by atoms with Gasteiger partial charge in [0, 0.05) is 18.2 Å². The number of hydrogen-bond donors (Lipinski definition) is 0. The second-order valence-electron chi connectivity index (χ2n) is 2.73. The van der Waals surface area contributed by atoms with E-state index in [0.717, 1.165) is 10.9 Å². The van der Waals surface area contributed by atoms with Crippen molar-refractivity contribution in [3.63, 3.8) is 0 Å². The molecule has 0 aliphatic rings. The molecule has 0 saturated carbocycles. The van der Waals surface area contributed by atoms with E-state index >= 15 is 0 Å². The first-order valence-electron chi connectivity index (χ1n) is 3.93. The topological polar surface area (TPSA) is 58.7 Å². The first-order valence-corrected chi connectivity index (χ1v) is 3.93. The van der Waals surface area contributed by atoms with Crippen molar-refractivity contribution in [1.29, 1.82) is 5.26 Å². The zero-order valence-electron chi connectivity index (χ0n) is 7.45. The van der Waals surface area contributed by atoms with E-state index < -0.39 is 11.9 Å². The Kier molecular flexibility index (Phi) is 3.09. The summed E-state index contributed by atoms with van der Waals surface area (Å²) in [4.78, 5) is 10.2. The van der Waals surface area contributed by atoms with E-state index in [1.165, 1.54) is 0 Å². The van der Waals surface area contributed by atoms with Crippen molar-refractivity contribution in [1.82, 2.24) is 9.78 Å². The van der Waals surface area contributed by atoms with Crippen LogP contribution in [0.4, 0.5) is 13.2 Å². The normalized spacial score (nSPS) is 11.1. The van der Waals surface area contributed by atoms with Crippen LogP contribution in [-0.4, -0.2) is 16.1 Å². The lowest BCUT2D eigenvalue weighted by molar-refractivity contribution is -0.142. The summed E-state index contributed by atoms with van der Waals surface area (Å²) >= 11 is 0. The molecule has 0 N–H and O–H groups in total. The Morgan fingerprint density at radius 1 is 1.60 bits per heavy atom. The molecule has 0 radical (unpaired) electrons. The molecular weight excluding hydrogens is 211 g/mol. The van der Waals surface area contributed by atoms with Crippen molar-refractivity contribution in [2.24, 2.45) is 0 Å². The van der Waals surface area contributed by atoms with Gasteiger partial charge in [-0.25, -0.2) is 0 Å². The van der Waals surface area contributed by atoms with Crippen LogP contribution in [-0.2, 0) is 23.9 Å².